The van der Waals surface area contributed by atoms with E-state index < -0.39 is 17.0 Å². The van der Waals surface area contributed by atoms with Gasteiger partial charge in [-0.2, -0.15) is 0 Å². The summed E-state index contributed by atoms with van der Waals surface area (Å²) in [5.41, 5.74) is 8.95. The number of sulfone groups is 1. The van der Waals surface area contributed by atoms with Gasteiger partial charge in [-0.25, -0.2) is 8.42 Å². The van der Waals surface area contributed by atoms with Gasteiger partial charge in [-0.05, 0) is 53.2 Å². The number of aliphatic hydroxyl groups is 1. The zero-order valence-electron chi connectivity index (χ0n) is 13.7. The molecule has 1 heterocycles. The molecule has 4 N–H and O–H groups in total. The molecule has 6 nitrogen and oxygen atoms in total. The van der Waals surface area contributed by atoms with E-state index in [-0.39, 0.29) is 17.3 Å². The molecule has 2 aromatic carbocycles. The standard InChI is InChI=1S/C17H20BNO5S/c19-15-5-6-17(13(9-15)2-1-7-20)25(22,23)11-12-3-4-14-10-24-18(21)16(14)8-12/h3-6,8-9,20-21H,1-2,7,10-11,19H2. The lowest BCUT2D eigenvalue weighted by Crippen LogP contribution is -2.28. The highest BCUT2D eigenvalue weighted by atomic mass is 32.2. The van der Waals surface area contributed by atoms with Gasteiger partial charge in [0.05, 0.1) is 17.3 Å². The van der Waals surface area contributed by atoms with Gasteiger partial charge in [-0.1, -0.05) is 18.2 Å². The summed E-state index contributed by atoms with van der Waals surface area (Å²) in [6.45, 7) is 0.309. The Bertz CT molecular complexity index is 885. The van der Waals surface area contributed by atoms with E-state index in [2.05, 4.69) is 0 Å². The summed E-state index contributed by atoms with van der Waals surface area (Å²) < 4.78 is 30.9. The Labute approximate surface area is 147 Å². The molecule has 0 amide bonds. The van der Waals surface area contributed by atoms with Gasteiger partial charge in [-0.15, -0.1) is 0 Å². The number of aryl methyl sites for hydroxylation is 1. The van der Waals surface area contributed by atoms with Crippen LogP contribution in [0.15, 0.2) is 41.3 Å². The highest BCUT2D eigenvalue weighted by molar-refractivity contribution is 7.90. The number of nitrogen functional groups attached to an aromatic ring is 1. The number of hydrogen-bond donors (Lipinski definition) is 3. The van der Waals surface area contributed by atoms with Gasteiger partial charge >= 0.3 is 7.12 Å². The number of anilines is 1. The van der Waals surface area contributed by atoms with Crippen LogP contribution in [0.3, 0.4) is 0 Å². The smallest absolute Gasteiger partial charge is 0.423 e. The molecule has 0 bridgehead atoms. The third-order valence-corrected chi connectivity index (χ3v) is 6.04. The van der Waals surface area contributed by atoms with Gasteiger partial charge in [0.15, 0.2) is 9.84 Å². The molecule has 25 heavy (non-hydrogen) atoms. The van der Waals surface area contributed by atoms with Gasteiger partial charge < -0.3 is 20.5 Å². The summed E-state index contributed by atoms with van der Waals surface area (Å²) in [5, 5.41) is 18.8. The largest absolute Gasteiger partial charge is 0.491 e. The first-order chi connectivity index (χ1) is 11.9. The van der Waals surface area contributed by atoms with Crippen molar-refractivity contribution < 1.29 is 23.2 Å². The minimum atomic E-state index is -3.59. The number of rotatable bonds is 6. The second-order valence-electron chi connectivity index (χ2n) is 6.15. The maximum Gasteiger partial charge on any atom is 0.491 e. The van der Waals surface area contributed by atoms with Gasteiger partial charge in [0.1, 0.15) is 0 Å². The molecule has 0 radical (unpaired) electrons. The molecule has 1 aliphatic heterocycles. The lowest BCUT2D eigenvalue weighted by molar-refractivity contribution is 0.275. The Hall–Kier alpha value is -1.87. The summed E-state index contributed by atoms with van der Waals surface area (Å²) in [5.74, 6) is -0.178. The van der Waals surface area contributed by atoms with Gasteiger partial charge in [0.25, 0.3) is 0 Å². The van der Waals surface area contributed by atoms with Crippen LogP contribution < -0.4 is 11.2 Å². The molecule has 0 saturated heterocycles. The van der Waals surface area contributed by atoms with Crippen molar-refractivity contribution in [3.63, 3.8) is 0 Å². The van der Waals surface area contributed by atoms with Crippen molar-refractivity contribution in [2.24, 2.45) is 0 Å². The SMILES string of the molecule is Nc1ccc(S(=O)(=O)Cc2ccc3c(c2)B(O)OC3)c(CCCO)c1. The van der Waals surface area contributed by atoms with Crippen LogP contribution in [0.25, 0.3) is 0 Å². The molecule has 8 heteroatoms. The Morgan fingerprint density at radius 2 is 2.00 bits per heavy atom. The molecule has 0 fully saturated rings. The first-order valence-corrected chi connectivity index (χ1v) is 9.69. The van der Waals surface area contributed by atoms with E-state index in [1.807, 2.05) is 0 Å². The molecular weight excluding hydrogens is 341 g/mol. The summed E-state index contributed by atoms with van der Waals surface area (Å²) in [6.07, 6.45) is 0.904. The zero-order valence-corrected chi connectivity index (χ0v) is 14.5. The lowest BCUT2D eigenvalue weighted by Gasteiger charge is -2.12. The number of nitrogens with two attached hydrogens (primary N) is 1. The minimum absolute atomic E-state index is 0.0169. The molecule has 1 aliphatic rings. The zero-order chi connectivity index (χ0) is 18.0. The molecule has 2 aromatic rings. The average molecular weight is 361 g/mol. The summed E-state index contributed by atoms with van der Waals surface area (Å²) in [6, 6.07) is 9.92. The van der Waals surface area contributed by atoms with Crippen LogP contribution in [0, 0.1) is 0 Å². The fraction of sp³-hybridized carbons (Fsp3) is 0.294. The van der Waals surface area contributed by atoms with Crippen LogP contribution in [0.2, 0.25) is 0 Å². The van der Waals surface area contributed by atoms with E-state index in [1.54, 1.807) is 30.3 Å². The highest BCUT2D eigenvalue weighted by Gasteiger charge is 2.28. The normalized spacial score (nSPS) is 13.9. The Morgan fingerprint density at radius 3 is 2.76 bits per heavy atom. The van der Waals surface area contributed by atoms with Gasteiger partial charge in [0.2, 0.25) is 0 Å². The molecule has 0 aliphatic carbocycles. The lowest BCUT2D eigenvalue weighted by atomic mass is 9.79. The number of aliphatic hydroxyl groups excluding tert-OH is 1. The van der Waals surface area contributed by atoms with E-state index in [0.29, 0.717) is 41.7 Å². The molecule has 3 rings (SSSR count). The molecule has 132 valence electrons. The predicted molar refractivity (Wildman–Crippen MR) is 96.0 cm³/mol. The molecular formula is C17H20BNO5S. The third kappa shape index (κ3) is 3.87. The van der Waals surface area contributed by atoms with Crippen molar-refractivity contribution in [2.45, 2.75) is 30.1 Å². The second kappa shape index (κ2) is 7.17. The van der Waals surface area contributed by atoms with Crippen LogP contribution in [-0.2, 0) is 33.3 Å². The Morgan fingerprint density at radius 1 is 1.20 bits per heavy atom. The average Bonchev–Trinajstić information content (AvgIpc) is 2.93. The molecule has 0 spiro atoms. The van der Waals surface area contributed by atoms with E-state index in [9.17, 15) is 13.4 Å². The van der Waals surface area contributed by atoms with Crippen molar-refractivity contribution in [1.29, 1.82) is 0 Å². The molecule has 0 atom stereocenters. The van der Waals surface area contributed by atoms with E-state index in [1.165, 1.54) is 6.07 Å². The van der Waals surface area contributed by atoms with Crippen LogP contribution in [0.1, 0.15) is 23.1 Å². The highest BCUT2D eigenvalue weighted by Crippen LogP contribution is 2.24. The first-order valence-electron chi connectivity index (χ1n) is 8.04. The van der Waals surface area contributed by atoms with Crippen molar-refractivity contribution >= 4 is 28.1 Å². The first kappa shape index (κ1) is 17.9. The fourth-order valence-corrected chi connectivity index (χ4v) is 4.63. The third-order valence-electron chi connectivity index (χ3n) is 4.25. The Kier molecular flexibility index (Phi) is 5.15. The maximum atomic E-state index is 12.9. The van der Waals surface area contributed by atoms with Gasteiger partial charge in [-0.3, -0.25) is 0 Å². The summed E-state index contributed by atoms with van der Waals surface area (Å²) >= 11 is 0. The van der Waals surface area contributed by atoms with Crippen LogP contribution in [0.4, 0.5) is 5.69 Å². The van der Waals surface area contributed by atoms with Crippen LogP contribution in [0.5, 0.6) is 0 Å². The maximum absolute atomic E-state index is 12.9. The van der Waals surface area contributed by atoms with Crippen molar-refractivity contribution in [2.75, 3.05) is 12.3 Å². The monoisotopic (exact) mass is 361 g/mol. The Balaban J connectivity index is 1.91. The van der Waals surface area contributed by atoms with Gasteiger partial charge in [0, 0.05) is 12.3 Å². The molecule has 0 unspecified atom stereocenters. The van der Waals surface area contributed by atoms with Crippen molar-refractivity contribution in [3.05, 3.63) is 53.1 Å². The second-order valence-corrected chi connectivity index (χ2v) is 8.11. The number of benzene rings is 2. The van der Waals surface area contributed by atoms with E-state index in [4.69, 9.17) is 15.5 Å². The summed E-state index contributed by atoms with van der Waals surface area (Å²) in [4.78, 5) is 0.229. The van der Waals surface area contributed by atoms with Crippen molar-refractivity contribution in [3.8, 4) is 0 Å². The van der Waals surface area contributed by atoms with Crippen molar-refractivity contribution in [1.82, 2.24) is 0 Å². The quantitative estimate of drug-likeness (QED) is 0.507. The van der Waals surface area contributed by atoms with E-state index in [0.717, 1.165) is 5.56 Å². The summed E-state index contributed by atoms with van der Waals surface area (Å²) in [7, 11) is -4.59. The topological polar surface area (TPSA) is 110 Å². The number of hydrogen-bond acceptors (Lipinski definition) is 6. The minimum Gasteiger partial charge on any atom is -0.423 e. The molecule has 0 saturated carbocycles. The van der Waals surface area contributed by atoms with Crippen LogP contribution >= 0.6 is 0 Å². The predicted octanol–water partition coefficient (Wildman–Crippen LogP) is 0.385. The fourth-order valence-electron chi connectivity index (χ4n) is 3.02. The van der Waals surface area contributed by atoms with Crippen LogP contribution in [-0.4, -0.2) is 32.3 Å². The number of fused-ring (bicyclic) bond motifs is 1. The van der Waals surface area contributed by atoms with E-state index >= 15 is 0 Å². The molecule has 0 aromatic heterocycles.